The van der Waals surface area contributed by atoms with Crippen molar-refractivity contribution < 1.29 is 18.3 Å². The van der Waals surface area contributed by atoms with Gasteiger partial charge in [0.05, 0.1) is 22.6 Å². The molecule has 20 heavy (non-hydrogen) atoms. The maximum absolute atomic E-state index is 11.4. The number of nitrogens with zero attached hydrogens (tertiary/aromatic N) is 3. The smallest absolute Gasteiger partial charge is 0.335 e. The third-order valence-electron chi connectivity index (χ3n) is 3.52. The third kappa shape index (κ3) is 2.38. The Kier molecular flexibility index (Phi) is 2.97. The van der Waals surface area contributed by atoms with Crippen LogP contribution in [0.3, 0.4) is 0 Å². The number of carbonyl (C=O) groups is 1. The van der Waals surface area contributed by atoms with E-state index in [-0.39, 0.29) is 23.0 Å². The molecule has 2 aromatic rings. The fraction of sp³-hybridized carbons (Fsp3) is 0.417. The summed E-state index contributed by atoms with van der Waals surface area (Å²) in [7, 11) is -2.91. The maximum atomic E-state index is 11.4. The van der Waals surface area contributed by atoms with Crippen LogP contribution in [0.1, 0.15) is 16.8 Å². The zero-order chi connectivity index (χ0) is 14.3. The standard InChI is InChI=1S/C12H13N3O4S/c16-12(17)9-1-2-11-10(5-9)13-14-15(11)6-8-3-4-20(18,19)7-8/h1-2,5,8H,3-4,6-7H2,(H,16,17). The number of fused-ring (bicyclic) bond motifs is 1. The van der Waals surface area contributed by atoms with Gasteiger partial charge in [-0.1, -0.05) is 5.21 Å². The van der Waals surface area contributed by atoms with Gasteiger partial charge >= 0.3 is 5.97 Å². The van der Waals surface area contributed by atoms with E-state index < -0.39 is 15.8 Å². The number of hydrogen-bond donors (Lipinski definition) is 1. The van der Waals surface area contributed by atoms with Crippen molar-refractivity contribution in [3.8, 4) is 0 Å². The Labute approximate surface area is 115 Å². The van der Waals surface area contributed by atoms with Crippen molar-refractivity contribution in [2.24, 2.45) is 5.92 Å². The van der Waals surface area contributed by atoms with Gasteiger partial charge in [0, 0.05) is 6.54 Å². The fourth-order valence-corrected chi connectivity index (χ4v) is 4.35. The summed E-state index contributed by atoms with van der Waals surface area (Å²) in [6.07, 6.45) is 0.636. The lowest BCUT2D eigenvalue weighted by molar-refractivity contribution is 0.0697. The minimum absolute atomic E-state index is 0.0454. The van der Waals surface area contributed by atoms with Crippen molar-refractivity contribution in [3.05, 3.63) is 23.8 Å². The Morgan fingerprint density at radius 3 is 2.90 bits per heavy atom. The SMILES string of the molecule is O=C(O)c1ccc2c(c1)nnn2CC1CCS(=O)(=O)C1. The Hall–Kier alpha value is -1.96. The fourth-order valence-electron chi connectivity index (χ4n) is 2.50. The van der Waals surface area contributed by atoms with Gasteiger partial charge in [-0.2, -0.15) is 0 Å². The molecule has 1 fully saturated rings. The minimum atomic E-state index is -2.91. The van der Waals surface area contributed by atoms with Crippen LogP contribution in [-0.4, -0.2) is 46.0 Å². The summed E-state index contributed by atoms with van der Waals surface area (Å²) in [5, 5.41) is 16.8. The van der Waals surface area contributed by atoms with E-state index in [1.165, 1.54) is 12.1 Å². The minimum Gasteiger partial charge on any atom is -0.478 e. The lowest BCUT2D eigenvalue weighted by atomic mass is 10.1. The summed E-state index contributed by atoms with van der Waals surface area (Å²) >= 11 is 0. The van der Waals surface area contributed by atoms with Crippen LogP contribution in [0, 0.1) is 5.92 Å². The molecule has 0 amide bonds. The van der Waals surface area contributed by atoms with Gasteiger partial charge in [0.2, 0.25) is 0 Å². The molecule has 8 heteroatoms. The van der Waals surface area contributed by atoms with Gasteiger partial charge in [0.15, 0.2) is 9.84 Å². The lowest BCUT2D eigenvalue weighted by Crippen LogP contribution is -2.13. The Morgan fingerprint density at radius 1 is 1.45 bits per heavy atom. The van der Waals surface area contributed by atoms with Crippen molar-refractivity contribution in [2.75, 3.05) is 11.5 Å². The van der Waals surface area contributed by atoms with Gasteiger partial charge in [-0.3, -0.25) is 0 Å². The Balaban J connectivity index is 1.88. The zero-order valence-electron chi connectivity index (χ0n) is 10.6. The molecule has 1 unspecified atom stereocenters. The van der Waals surface area contributed by atoms with Crippen LogP contribution in [0.15, 0.2) is 18.2 Å². The second-order valence-electron chi connectivity index (χ2n) is 5.05. The van der Waals surface area contributed by atoms with Crippen molar-refractivity contribution in [3.63, 3.8) is 0 Å². The number of benzene rings is 1. The summed E-state index contributed by atoms with van der Waals surface area (Å²) in [5.74, 6) is -0.554. The number of sulfone groups is 1. The molecule has 106 valence electrons. The highest BCUT2D eigenvalue weighted by molar-refractivity contribution is 7.91. The Bertz CT molecular complexity index is 781. The molecule has 3 rings (SSSR count). The average Bonchev–Trinajstić information content (AvgIpc) is 2.93. The monoisotopic (exact) mass is 295 g/mol. The van der Waals surface area contributed by atoms with Crippen LogP contribution in [0.2, 0.25) is 0 Å². The molecule has 1 aromatic carbocycles. The number of carboxylic acids is 1. The van der Waals surface area contributed by atoms with Gasteiger partial charge in [-0.05, 0) is 30.5 Å². The van der Waals surface area contributed by atoms with Crippen LogP contribution in [0.5, 0.6) is 0 Å². The molecular formula is C12H13N3O4S. The van der Waals surface area contributed by atoms with Gasteiger partial charge in [-0.15, -0.1) is 5.10 Å². The van der Waals surface area contributed by atoms with E-state index in [0.717, 1.165) is 5.52 Å². The highest BCUT2D eigenvalue weighted by Gasteiger charge is 2.28. The number of hydrogen-bond acceptors (Lipinski definition) is 5. The van der Waals surface area contributed by atoms with Crippen molar-refractivity contribution >= 4 is 26.8 Å². The van der Waals surface area contributed by atoms with Crippen molar-refractivity contribution in [1.82, 2.24) is 15.0 Å². The topological polar surface area (TPSA) is 102 Å². The summed E-state index contributed by atoms with van der Waals surface area (Å²) in [5.41, 5.74) is 1.39. The molecule has 0 radical (unpaired) electrons. The van der Waals surface area contributed by atoms with Gasteiger partial charge in [0.1, 0.15) is 5.52 Å². The molecule has 1 aliphatic rings. The molecule has 1 aliphatic heterocycles. The molecule has 7 nitrogen and oxygen atoms in total. The molecular weight excluding hydrogens is 282 g/mol. The predicted octanol–water partition coefficient (Wildman–Crippen LogP) is 0.564. The quantitative estimate of drug-likeness (QED) is 0.887. The van der Waals surface area contributed by atoms with E-state index in [4.69, 9.17) is 5.11 Å². The summed E-state index contributed by atoms with van der Waals surface area (Å²) < 4.78 is 24.5. The first kappa shape index (κ1) is 13.0. The first-order valence-corrected chi connectivity index (χ1v) is 8.04. The van der Waals surface area contributed by atoms with Crippen molar-refractivity contribution in [1.29, 1.82) is 0 Å². The molecule has 0 saturated carbocycles. The number of carboxylic acid groups (broad SMARTS) is 1. The van der Waals surface area contributed by atoms with Gasteiger partial charge in [-0.25, -0.2) is 17.9 Å². The molecule has 0 aliphatic carbocycles. The van der Waals surface area contributed by atoms with Crippen molar-refractivity contribution in [2.45, 2.75) is 13.0 Å². The van der Waals surface area contributed by atoms with E-state index in [0.29, 0.717) is 18.5 Å². The van der Waals surface area contributed by atoms with E-state index in [2.05, 4.69) is 10.3 Å². The first-order valence-electron chi connectivity index (χ1n) is 6.21. The highest BCUT2D eigenvalue weighted by Crippen LogP contribution is 2.22. The molecule has 1 aromatic heterocycles. The van der Waals surface area contributed by atoms with Crippen LogP contribution < -0.4 is 0 Å². The molecule has 2 heterocycles. The maximum Gasteiger partial charge on any atom is 0.335 e. The summed E-state index contributed by atoms with van der Waals surface area (Å²) in [6, 6.07) is 4.62. The normalized spacial score (nSPS) is 21.3. The number of rotatable bonds is 3. The van der Waals surface area contributed by atoms with Crippen LogP contribution >= 0.6 is 0 Å². The predicted molar refractivity (Wildman–Crippen MR) is 71.2 cm³/mol. The number of aromatic carboxylic acids is 1. The second-order valence-corrected chi connectivity index (χ2v) is 7.28. The summed E-state index contributed by atoms with van der Waals surface area (Å²) in [4.78, 5) is 10.9. The summed E-state index contributed by atoms with van der Waals surface area (Å²) in [6.45, 7) is 0.488. The number of aromatic nitrogens is 3. The van der Waals surface area contributed by atoms with E-state index in [1.807, 2.05) is 0 Å². The molecule has 0 spiro atoms. The van der Waals surface area contributed by atoms with Crippen LogP contribution in [0.25, 0.3) is 11.0 Å². The second kappa shape index (κ2) is 4.55. The Morgan fingerprint density at radius 2 is 2.25 bits per heavy atom. The first-order chi connectivity index (χ1) is 9.44. The molecule has 0 bridgehead atoms. The van der Waals surface area contributed by atoms with Gasteiger partial charge in [0.25, 0.3) is 0 Å². The lowest BCUT2D eigenvalue weighted by Gasteiger charge is -2.07. The van der Waals surface area contributed by atoms with E-state index in [1.54, 1.807) is 10.7 Å². The zero-order valence-corrected chi connectivity index (χ0v) is 11.4. The van der Waals surface area contributed by atoms with E-state index >= 15 is 0 Å². The molecule has 1 atom stereocenters. The average molecular weight is 295 g/mol. The third-order valence-corrected chi connectivity index (χ3v) is 5.36. The highest BCUT2D eigenvalue weighted by atomic mass is 32.2. The van der Waals surface area contributed by atoms with Gasteiger partial charge < -0.3 is 5.11 Å². The van der Waals surface area contributed by atoms with E-state index in [9.17, 15) is 13.2 Å². The van der Waals surface area contributed by atoms with Crippen LogP contribution in [-0.2, 0) is 16.4 Å². The largest absolute Gasteiger partial charge is 0.478 e. The molecule has 1 saturated heterocycles. The van der Waals surface area contributed by atoms with Crippen LogP contribution in [0.4, 0.5) is 0 Å². The molecule has 1 N–H and O–H groups in total.